The third kappa shape index (κ3) is 3.82. The van der Waals surface area contributed by atoms with E-state index >= 15 is 0 Å². The van der Waals surface area contributed by atoms with Gasteiger partial charge in [0.15, 0.2) is 0 Å². The van der Waals surface area contributed by atoms with E-state index in [1.54, 1.807) is 0 Å². The van der Waals surface area contributed by atoms with Gasteiger partial charge in [0.1, 0.15) is 6.10 Å². The Morgan fingerprint density at radius 2 is 1.94 bits per heavy atom. The summed E-state index contributed by atoms with van der Waals surface area (Å²) < 4.78 is 0. The van der Waals surface area contributed by atoms with Crippen molar-refractivity contribution in [1.29, 1.82) is 0 Å². The second-order valence-corrected chi connectivity index (χ2v) is 5.22. The van der Waals surface area contributed by atoms with Crippen molar-refractivity contribution in [3.8, 4) is 0 Å². The van der Waals surface area contributed by atoms with Gasteiger partial charge in [-0.3, -0.25) is 4.79 Å². The molecule has 0 heterocycles. The molecule has 0 spiro atoms. The Labute approximate surface area is 108 Å². The largest absolute Gasteiger partial charge is 0.382 e. The normalized spacial score (nSPS) is 13.2. The molecule has 0 aliphatic heterocycles. The minimum atomic E-state index is -1.13. The van der Waals surface area contributed by atoms with E-state index < -0.39 is 12.0 Å². The lowest BCUT2D eigenvalue weighted by atomic mass is 9.84. The van der Waals surface area contributed by atoms with Gasteiger partial charge < -0.3 is 16.2 Å². The number of rotatable bonds is 5. The fourth-order valence-corrected chi connectivity index (χ4v) is 1.64. The topological polar surface area (TPSA) is 75.3 Å². The number of aryl methyl sites for hydroxylation is 1. The van der Waals surface area contributed by atoms with Crippen molar-refractivity contribution >= 4 is 5.91 Å². The molecule has 1 aromatic carbocycles. The molecule has 1 aromatic rings. The van der Waals surface area contributed by atoms with Gasteiger partial charge in [0.05, 0.1) is 0 Å². The zero-order valence-corrected chi connectivity index (χ0v) is 11.2. The van der Waals surface area contributed by atoms with Gasteiger partial charge in [-0.1, -0.05) is 43.7 Å². The molecule has 0 radical (unpaired) electrons. The molecule has 0 fully saturated rings. The smallest absolute Gasteiger partial charge is 0.250 e. The summed E-state index contributed by atoms with van der Waals surface area (Å²) in [4.78, 5) is 11.5. The average Bonchev–Trinajstić information content (AvgIpc) is 2.35. The third-order valence-electron chi connectivity index (χ3n) is 3.06. The van der Waals surface area contributed by atoms with Crippen LogP contribution in [0.1, 0.15) is 25.0 Å². The van der Waals surface area contributed by atoms with Crippen LogP contribution in [0.5, 0.6) is 0 Å². The van der Waals surface area contributed by atoms with Crippen LogP contribution in [0.4, 0.5) is 0 Å². The molecule has 4 N–H and O–H groups in total. The summed E-state index contributed by atoms with van der Waals surface area (Å²) >= 11 is 0. The molecule has 1 atom stereocenters. The number of carbonyl (C=O) groups excluding carboxylic acids is 1. The number of hydrogen-bond acceptors (Lipinski definition) is 3. The summed E-state index contributed by atoms with van der Waals surface area (Å²) in [5.41, 5.74) is 7.40. The zero-order chi connectivity index (χ0) is 13.8. The Bertz CT molecular complexity index is 399. The molecule has 1 unspecified atom stereocenters. The van der Waals surface area contributed by atoms with Crippen LogP contribution >= 0.6 is 0 Å². The summed E-state index contributed by atoms with van der Waals surface area (Å²) in [6, 6.07) is 8.21. The number of aliphatic hydroxyl groups is 1. The van der Waals surface area contributed by atoms with Gasteiger partial charge >= 0.3 is 0 Å². The van der Waals surface area contributed by atoms with E-state index in [1.165, 1.54) is 5.56 Å². The SMILES string of the molecule is Cc1ccc(C(C)(C)CNC(=O)C(O)CN)cc1. The molecule has 18 heavy (non-hydrogen) atoms. The van der Waals surface area contributed by atoms with Crippen molar-refractivity contribution < 1.29 is 9.90 Å². The number of nitrogens with one attached hydrogen (secondary N) is 1. The third-order valence-corrected chi connectivity index (χ3v) is 3.06. The molecule has 100 valence electrons. The van der Waals surface area contributed by atoms with Crippen molar-refractivity contribution in [1.82, 2.24) is 5.32 Å². The summed E-state index contributed by atoms with van der Waals surface area (Å²) in [5.74, 6) is -0.419. The van der Waals surface area contributed by atoms with Crippen LogP contribution in [0, 0.1) is 6.92 Å². The molecule has 0 saturated heterocycles. The van der Waals surface area contributed by atoms with Gasteiger partial charge in [-0.15, -0.1) is 0 Å². The lowest BCUT2D eigenvalue weighted by Gasteiger charge is -2.26. The van der Waals surface area contributed by atoms with Crippen molar-refractivity contribution in [2.45, 2.75) is 32.3 Å². The van der Waals surface area contributed by atoms with E-state index in [0.29, 0.717) is 6.54 Å². The highest BCUT2D eigenvalue weighted by Crippen LogP contribution is 2.22. The Morgan fingerprint density at radius 1 is 1.39 bits per heavy atom. The molecule has 1 amide bonds. The van der Waals surface area contributed by atoms with Gasteiger partial charge in [0.2, 0.25) is 5.91 Å². The summed E-state index contributed by atoms with van der Waals surface area (Å²) in [7, 11) is 0. The first kappa shape index (κ1) is 14.7. The maximum absolute atomic E-state index is 11.5. The lowest BCUT2D eigenvalue weighted by molar-refractivity contribution is -0.129. The first-order valence-electron chi connectivity index (χ1n) is 6.10. The molecule has 0 aliphatic carbocycles. The van der Waals surface area contributed by atoms with Crippen molar-refractivity contribution in [3.05, 3.63) is 35.4 Å². The Kier molecular flexibility index (Phi) is 4.87. The zero-order valence-electron chi connectivity index (χ0n) is 11.2. The van der Waals surface area contributed by atoms with Gasteiger partial charge in [-0.2, -0.15) is 0 Å². The molecular formula is C14H22N2O2. The van der Waals surface area contributed by atoms with Crippen LogP contribution in [-0.4, -0.2) is 30.2 Å². The molecule has 1 rings (SSSR count). The maximum Gasteiger partial charge on any atom is 0.250 e. The molecule has 0 aromatic heterocycles. The monoisotopic (exact) mass is 250 g/mol. The first-order valence-corrected chi connectivity index (χ1v) is 6.10. The van der Waals surface area contributed by atoms with Gasteiger partial charge in [0.25, 0.3) is 0 Å². The predicted octanol–water partition coefficient (Wildman–Crippen LogP) is 0.708. The van der Waals surface area contributed by atoms with Crippen molar-refractivity contribution in [2.75, 3.05) is 13.1 Å². The Morgan fingerprint density at radius 3 is 2.44 bits per heavy atom. The lowest BCUT2D eigenvalue weighted by Crippen LogP contribution is -2.44. The van der Waals surface area contributed by atoms with E-state index in [2.05, 4.69) is 17.4 Å². The molecule has 0 bridgehead atoms. The maximum atomic E-state index is 11.5. The fraction of sp³-hybridized carbons (Fsp3) is 0.500. The number of aliphatic hydroxyl groups excluding tert-OH is 1. The summed E-state index contributed by atoms with van der Waals surface area (Å²) in [5, 5.41) is 12.0. The van der Waals surface area contributed by atoms with Crippen LogP contribution in [0.15, 0.2) is 24.3 Å². The standard InChI is InChI=1S/C14H22N2O2/c1-10-4-6-11(7-5-10)14(2,3)9-16-13(18)12(17)8-15/h4-7,12,17H,8-9,15H2,1-3H3,(H,16,18). The minimum Gasteiger partial charge on any atom is -0.382 e. The van der Waals surface area contributed by atoms with E-state index in [-0.39, 0.29) is 12.0 Å². The van der Waals surface area contributed by atoms with Gasteiger partial charge in [0, 0.05) is 18.5 Å². The molecule has 4 heteroatoms. The van der Waals surface area contributed by atoms with E-state index in [0.717, 1.165) is 5.56 Å². The van der Waals surface area contributed by atoms with E-state index in [9.17, 15) is 9.90 Å². The summed E-state index contributed by atoms with van der Waals surface area (Å²) in [6.07, 6.45) is -1.13. The number of benzene rings is 1. The number of hydrogen-bond donors (Lipinski definition) is 3. The van der Waals surface area contributed by atoms with Crippen LogP contribution in [0.3, 0.4) is 0 Å². The number of carbonyl (C=O) groups is 1. The van der Waals surface area contributed by atoms with Crippen LogP contribution in [0.25, 0.3) is 0 Å². The van der Waals surface area contributed by atoms with Crippen LogP contribution in [0.2, 0.25) is 0 Å². The fourth-order valence-electron chi connectivity index (χ4n) is 1.64. The average molecular weight is 250 g/mol. The molecule has 0 aliphatic rings. The number of amides is 1. The quantitative estimate of drug-likeness (QED) is 0.720. The predicted molar refractivity (Wildman–Crippen MR) is 72.3 cm³/mol. The van der Waals surface area contributed by atoms with Crippen molar-refractivity contribution in [3.63, 3.8) is 0 Å². The first-order chi connectivity index (χ1) is 8.36. The number of nitrogens with two attached hydrogens (primary N) is 1. The second kappa shape index (κ2) is 5.98. The highest BCUT2D eigenvalue weighted by Gasteiger charge is 2.22. The Balaban J connectivity index is 2.65. The Hall–Kier alpha value is -1.39. The van der Waals surface area contributed by atoms with Gasteiger partial charge in [-0.25, -0.2) is 0 Å². The summed E-state index contributed by atoms with van der Waals surface area (Å²) in [6.45, 7) is 6.54. The molecular weight excluding hydrogens is 228 g/mol. The van der Waals surface area contributed by atoms with E-state index in [4.69, 9.17) is 5.73 Å². The molecule has 4 nitrogen and oxygen atoms in total. The van der Waals surface area contributed by atoms with Crippen molar-refractivity contribution in [2.24, 2.45) is 5.73 Å². The highest BCUT2D eigenvalue weighted by atomic mass is 16.3. The van der Waals surface area contributed by atoms with Gasteiger partial charge in [-0.05, 0) is 12.5 Å². The highest BCUT2D eigenvalue weighted by molar-refractivity contribution is 5.80. The minimum absolute atomic E-state index is 0.0587. The van der Waals surface area contributed by atoms with Crippen LogP contribution in [-0.2, 0) is 10.2 Å². The van der Waals surface area contributed by atoms with E-state index in [1.807, 2.05) is 32.9 Å². The van der Waals surface area contributed by atoms with Crippen LogP contribution < -0.4 is 11.1 Å². The second-order valence-electron chi connectivity index (χ2n) is 5.22. The molecule has 0 saturated carbocycles.